The number of rotatable bonds is 22. The molecule has 0 aliphatic heterocycles. The molecule has 0 aliphatic rings. The average Bonchev–Trinajstić information content (AvgIpc) is 3.06. The third-order valence-corrected chi connectivity index (χ3v) is 10.8. The van der Waals surface area contributed by atoms with Crippen LogP contribution in [0.4, 0.5) is 0 Å². The summed E-state index contributed by atoms with van der Waals surface area (Å²) in [5, 5.41) is 11.4. The highest BCUT2D eigenvalue weighted by Crippen LogP contribution is 2.45. The summed E-state index contributed by atoms with van der Waals surface area (Å²) >= 11 is 0. The Labute approximate surface area is 278 Å². The topological polar surface area (TPSA) is 20.2 Å². The maximum Gasteiger partial charge on any atom is 0.119 e. The fourth-order valence-electron chi connectivity index (χ4n) is 7.48. The van der Waals surface area contributed by atoms with Gasteiger partial charge in [0.15, 0.2) is 0 Å². The van der Waals surface area contributed by atoms with E-state index in [2.05, 4.69) is 96.1 Å². The third kappa shape index (κ3) is 11.3. The maximum absolute atomic E-state index is 11.4. The van der Waals surface area contributed by atoms with Crippen molar-refractivity contribution in [3.8, 4) is 5.75 Å². The van der Waals surface area contributed by atoms with Crippen molar-refractivity contribution in [2.45, 2.75) is 168 Å². The molecule has 0 bridgehead atoms. The van der Waals surface area contributed by atoms with Crippen molar-refractivity contribution in [3.63, 3.8) is 0 Å². The van der Waals surface area contributed by atoms with Gasteiger partial charge in [0.05, 0.1) is 0 Å². The van der Waals surface area contributed by atoms with Gasteiger partial charge in [0.25, 0.3) is 0 Å². The second kappa shape index (κ2) is 20.6. The highest BCUT2D eigenvalue weighted by Gasteiger charge is 2.28. The quantitative estimate of drug-likeness (QED) is 0.112. The Kier molecular flexibility index (Phi) is 16.9. The predicted molar refractivity (Wildman–Crippen MR) is 198 cm³/mol. The number of benzene rings is 3. The molecule has 0 radical (unpaired) electrons. The van der Waals surface area contributed by atoms with E-state index in [4.69, 9.17) is 0 Å². The lowest BCUT2D eigenvalue weighted by Gasteiger charge is -2.30. The van der Waals surface area contributed by atoms with Gasteiger partial charge in [-0.1, -0.05) is 179 Å². The number of aryl methyl sites for hydroxylation is 2. The molecular weight excluding hydrogens is 544 g/mol. The standard InChI is InChI=1S/C44H66O/c1-7-9-11-13-15-17-19-26-38-28-21-23-30-40(38)34(3)35(4)42-32-25-33-43(45)44(42)37(6)36(5)41-31-24-22-29-39(41)27-20-18-16-14-12-10-8-2/h21-25,28-37,45H,7-20,26-27H2,1-6H3. The van der Waals surface area contributed by atoms with Crippen molar-refractivity contribution in [2.75, 3.05) is 0 Å². The van der Waals surface area contributed by atoms with Gasteiger partial charge in [0, 0.05) is 5.56 Å². The zero-order chi connectivity index (χ0) is 32.4. The van der Waals surface area contributed by atoms with Gasteiger partial charge in [0.2, 0.25) is 0 Å². The number of unbranched alkanes of at least 4 members (excludes halogenated alkanes) is 12. The van der Waals surface area contributed by atoms with Gasteiger partial charge < -0.3 is 5.11 Å². The molecule has 0 amide bonds. The van der Waals surface area contributed by atoms with Crippen LogP contribution in [0, 0.1) is 0 Å². The number of aromatic hydroxyl groups is 1. The summed E-state index contributed by atoms with van der Waals surface area (Å²) in [5.74, 6) is 1.67. The fraction of sp³-hybridized carbons (Fsp3) is 0.591. The van der Waals surface area contributed by atoms with Gasteiger partial charge in [-0.05, 0) is 83.2 Å². The first kappa shape index (κ1) is 36.9. The van der Waals surface area contributed by atoms with Crippen molar-refractivity contribution < 1.29 is 5.11 Å². The number of phenols is 1. The van der Waals surface area contributed by atoms with E-state index in [1.165, 1.54) is 118 Å². The minimum absolute atomic E-state index is 0.217. The van der Waals surface area contributed by atoms with Gasteiger partial charge >= 0.3 is 0 Å². The van der Waals surface area contributed by atoms with Crippen LogP contribution in [0.25, 0.3) is 0 Å². The summed E-state index contributed by atoms with van der Waals surface area (Å²) in [6, 6.07) is 24.4. The van der Waals surface area contributed by atoms with Crippen molar-refractivity contribution >= 4 is 0 Å². The largest absolute Gasteiger partial charge is 0.508 e. The monoisotopic (exact) mass is 611 g/mol. The highest BCUT2D eigenvalue weighted by molar-refractivity contribution is 5.47. The lowest BCUT2D eigenvalue weighted by Crippen LogP contribution is -2.14. The fourth-order valence-corrected chi connectivity index (χ4v) is 7.48. The van der Waals surface area contributed by atoms with E-state index < -0.39 is 0 Å². The van der Waals surface area contributed by atoms with Gasteiger partial charge in [-0.15, -0.1) is 0 Å². The first-order valence-electron chi connectivity index (χ1n) is 18.9. The first-order chi connectivity index (χ1) is 21.9. The minimum Gasteiger partial charge on any atom is -0.508 e. The normalized spacial score (nSPS) is 14.3. The molecule has 0 spiro atoms. The lowest BCUT2D eigenvalue weighted by atomic mass is 9.74. The molecule has 0 aromatic heterocycles. The summed E-state index contributed by atoms with van der Waals surface area (Å²) < 4.78 is 0. The van der Waals surface area contributed by atoms with Gasteiger partial charge in [-0.2, -0.15) is 0 Å². The Morgan fingerprint density at radius 3 is 1.29 bits per heavy atom. The summed E-state index contributed by atoms with van der Waals surface area (Å²) in [4.78, 5) is 0. The van der Waals surface area contributed by atoms with Crippen LogP contribution in [0.5, 0.6) is 5.75 Å². The van der Waals surface area contributed by atoms with E-state index in [9.17, 15) is 5.11 Å². The van der Waals surface area contributed by atoms with E-state index >= 15 is 0 Å². The number of phenolic OH excluding ortho intramolecular Hbond substituents is 1. The zero-order valence-corrected chi connectivity index (χ0v) is 29.9. The zero-order valence-electron chi connectivity index (χ0n) is 29.9. The van der Waals surface area contributed by atoms with Crippen molar-refractivity contribution in [1.82, 2.24) is 0 Å². The number of hydrogen-bond acceptors (Lipinski definition) is 1. The summed E-state index contributed by atoms with van der Waals surface area (Å²) in [7, 11) is 0. The van der Waals surface area contributed by atoms with Crippen LogP contribution in [0.1, 0.15) is 188 Å². The summed E-state index contributed by atoms with van der Waals surface area (Å²) in [6.45, 7) is 14.1. The molecule has 0 aliphatic carbocycles. The van der Waals surface area contributed by atoms with Crippen LogP contribution in [0.3, 0.4) is 0 Å². The van der Waals surface area contributed by atoms with Crippen LogP contribution in [0.2, 0.25) is 0 Å². The van der Waals surface area contributed by atoms with Gasteiger partial charge in [0.1, 0.15) is 5.75 Å². The molecule has 0 saturated carbocycles. The second-order valence-electron chi connectivity index (χ2n) is 14.1. The molecule has 4 unspecified atom stereocenters. The predicted octanol–water partition coefficient (Wildman–Crippen LogP) is 13.8. The van der Waals surface area contributed by atoms with Crippen molar-refractivity contribution in [1.29, 1.82) is 0 Å². The van der Waals surface area contributed by atoms with Gasteiger partial charge in [-0.3, -0.25) is 0 Å². The maximum atomic E-state index is 11.4. The molecule has 3 aromatic rings. The number of hydrogen-bond donors (Lipinski definition) is 1. The summed E-state index contributed by atoms with van der Waals surface area (Å²) in [5.41, 5.74) is 8.37. The van der Waals surface area contributed by atoms with Crippen LogP contribution in [-0.2, 0) is 12.8 Å². The molecule has 248 valence electrons. The highest BCUT2D eigenvalue weighted by atomic mass is 16.3. The van der Waals surface area contributed by atoms with E-state index in [1.807, 2.05) is 12.1 Å². The Bertz CT molecular complexity index is 1230. The van der Waals surface area contributed by atoms with Crippen LogP contribution < -0.4 is 0 Å². The molecule has 4 atom stereocenters. The molecule has 0 fully saturated rings. The Morgan fingerprint density at radius 2 is 0.800 bits per heavy atom. The Balaban J connectivity index is 1.73. The lowest BCUT2D eigenvalue weighted by molar-refractivity contribution is 0.451. The van der Waals surface area contributed by atoms with E-state index in [0.29, 0.717) is 23.5 Å². The van der Waals surface area contributed by atoms with Crippen LogP contribution >= 0.6 is 0 Å². The van der Waals surface area contributed by atoms with Crippen LogP contribution in [-0.4, -0.2) is 5.11 Å². The molecule has 0 saturated heterocycles. The third-order valence-electron chi connectivity index (χ3n) is 10.8. The SMILES string of the molecule is CCCCCCCCCc1ccccc1C(C)C(C)c1cccc(O)c1C(C)C(C)c1ccccc1CCCCCCCCC. The minimum atomic E-state index is 0.217. The van der Waals surface area contributed by atoms with Crippen molar-refractivity contribution in [2.24, 2.45) is 0 Å². The molecule has 45 heavy (non-hydrogen) atoms. The summed E-state index contributed by atoms with van der Waals surface area (Å²) in [6.07, 6.45) is 21.1. The average molecular weight is 611 g/mol. The molecule has 3 rings (SSSR count). The smallest absolute Gasteiger partial charge is 0.119 e. The molecular formula is C44H66O. The van der Waals surface area contributed by atoms with Crippen molar-refractivity contribution in [3.05, 3.63) is 100 Å². The second-order valence-corrected chi connectivity index (χ2v) is 14.1. The molecule has 3 aromatic carbocycles. The Morgan fingerprint density at radius 1 is 0.422 bits per heavy atom. The molecule has 0 heterocycles. The molecule has 1 N–H and O–H groups in total. The molecule has 1 heteroatoms. The molecule has 1 nitrogen and oxygen atoms in total. The van der Waals surface area contributed by atoms with E-state index in [0.717, 1.165) is 18.4 Å². The van der Waals surface area contributed by atoms with Crippen LogP contribution in [0.15, 0.2) is 66.7 Å². The van der Waals surface area contributed by atoms with E-state index in [-0.39, 0.29) is 5.92 Å². The first-order valence-corrected chi connectivity index (χ1v) is 18.9. The van der Waals surface area contributed by atoms with Gasteiger partial charge in [-0.25, -0.2) is 0 Å². The Hall–Kier alpha value is -2.54. The van der Waals surface area contributed by atoms with E-state index in [1.54, 1.807) is 0 Å².